The molecule has 0 aliphatic carbocycles. The van der Waals surface area contributed by atoms with Crippen molar-refractivity contribution in [3.05, 3.63) is 53.0 Å². The molecule has 0 radical (unpaired) electrons. The molecule has 9 heteroatoms. The van der Waals surface area contributed by atoms with Gasteiger partial charge in [0, 0.05) is 24.7 Å². The van der Waals surface area contributed by atoms with Gasteiger partial charge >= 0.3 is 0 Å². The second kappa shape index (κ2) is 7.95. The summed E-state index contributed by atoms with van der Waals surface area (Å²) in [7, 11) is 0. The van der Waals surface area contributed by atoms with Crippen LogP contribution in [0.3, 0.4) is 0 Å². The van der Waals surface area contributed by atoms with E-state index in [2.05, 4.69) is 25.3 Å². The fourth-order valence-corrected chi connectivity index (χ4v) is 3.26. The first-order valence-corrected chi connectivity index (χ1v) is 9.18. The number of nitrogens with one attached hydrogen (secondary N) is 1. The van der Waals surface area contributed by atoms with Gasteiger partial charge in [0.25, 0.3) is 5.91 Å². The van der Waals surface area contributed by atoms with E-state index in [4.69, 9.17) is 20.9 Å². The Balaban J connectivity index is 1.60. The molecule has 0 atom stereocenters. The number of aryl methyl sites for hydroxylation is 1. The average Bonchev–Trinajstić information content (AvgIpc) is 3.10. The lowest BCUT2D eigenvalue weighted by Gasteiger charge is -2.27. The van der Waals surface area contributed by atoms with Crippen molar-refractivity contribution in [1.29, 1.82) is 0 Å². The molecule has 1 N–H and O–H groups in total. The summed E-state index contributed by atoms with van der Waals surface area (Å²) in [5.74, 6) is 1.16. The van der Waals surface area contributed by atoms with E-state index in [9.17, 15) is 4.79 Å². The van der Waals surface area contributed by atoms with Crippen LogP contribution in [0.15, 0.2) is 41.2 Å². The number of carbonyl (C=O) groups excluding carboxylic acids is 1. The third-order valence-corrected chi connectivity index (χ3v) is 4.78. The maximum Gasteiger partial charge on any atom is 0.262 e. The smallest absolute Gasteiger partial charge is 0.262 e. The maximum absolute atomic E-state index is 12.9. The lowest BCUT2D eigenvalue weighted by atomic mass is 10.1. The molecule has 4 rings (SSSR count). The summed E-state index contributed by atoms with van der Waals surface area (Å²) in [6, 6.07) is 8.90. The molecule has 2 aromatic heterocycles. The van der Waals surface area contributed by atoms with Crippen LogP contribution < -0.4 is 10.2 Å². The third kappa shape index (κ3) is 3.69. The Kier molecular flexibility index (Phi) is 5.23. The number of nitrogens with zero attached hydrogens (tertiary/aromatic N) is 4. The van der Waals surface area contributed by atoms with Crippen molar-refractivity contribution in [2.45, 2.75) is 6.92 Å². The Labute approximate surface area is 166 Å². The molecule has 28 heavy (non-hydrogen) atoms. The normalized spacial score (nSPS) is 14.1. The van der Waals surface area contributed by atoms with Crippen molar-refractivity contribution in [2.24, 2.45) is 0 Å². The molecule has 1 aromatic carbocycles. The van der Waals surface area contributed by atoms with E-state index in [1.165, 1.54) is 6.33 Å². The van der Waals surface area contributed by atoms with E-state index in [-0.39, 0.29) is 5.91 Å². The van der Waals surface area contributed by atoms with Gasteiger partial charge in [-0.05, 0) is 13.0 Å². The molecule has 8 nitrogen and oxygen atoms in total. The molecular formula is C19H18ClN5O3. The van der Waals surface area contributed by atoms with Gasteiger partial charge in [0.2, 0.25) is 0 Å². The molecule has 3 heterocycles. The maximum atomic E-state index is 12.9. The molecule has 144 valence electrons. The summed E-state index contributed by atoms with van der Waals surface area (Å²) >= 11 is 6.26. The Bertz CT molecular complexity index is 1000. The number of ether oxygens (including phenoxy) is 1. The van der Waals surface area contributed by atoms with Gasteiger partial charge in [-0.2, -0.15) is 0 Å². The largest absolute Gasteiger partial charge is 0.378 e. The van der Waals surface area contributed by atoms with Crippen LogP contribution in [0.5, 0.6) is 0 Å². The van der Waals surface area contributed by atoms with E-state index in [1.807, 2.05) is 12.1 Å². The Morgan fingerprint density at radius 3 is 2.79 bits per heavy atom. The highest BCUT2D eigenvalue weighted by atomic mass is 35.5. The predicted octanol–water partition coefficient (Wildman–Crippen LogP) is 3.18. The van der Waals surface area contributed by atoms with Gasteiger partial charge in [-0.1, -0.05) is 35.0 Å². The number of hydrogen-bond acceptors (Lipinski definition) is 7. The average molecular weight is 400 g/mol. The number of halogens is 1. The summed E-state index contributed by atoms with van der Waals surface area (Å²) in [5.41, 5.74) is 1.34. The standard InChI is InChI=1S/C19H18ClN5O3/c1-12-17(18(24-28-12)13-4-2-3-5-14(13)20)19(26)23-15-10-16(22-11-21-15)25-6-8-27-9-7-25/h2-5,10-11H,6-9H2,1H3,(H,21,22,23,26). The number of carbonyl (C=O) groups is 1. The molecule has 1 fully saturated rings. The summed E-state index contributed by atoms with van der Waals surface area (Å²) in [6.07, 6.45) is 1.43. The Morgan fingerprint density at radius 2 is 2.00 bits per heavy atom. The Morgan fingerprint density at radius 1 is 1.21 bits per heavy atom. The van der Waals surface area contributed by atoms with Crippen LogP contribution in [0.1, 0.15) is 16.1 Å². The zero-order valence-corrected chi connectivity index (χ0v) is 15.9. The van der Waals surface area contributed by atoms with Crippen LogP contribution >= 0.6 is 11.6 Å². The number of benzene rings is 1. The summed E-state index contributed by atoms with van der Waals surface area (Å²) in [4.78, 5) is 23.5. The third-order valence-electron chi connectivity index (χ3n) is 4.45. The second-order valence-electron chi connectivity index (χ2n) is 6.26. The molecule has 0 bridgehead atoms. The number of morpholine rings is 1. The SMILES string of the molecule is Cc1onc(-c2ccccc2Cl)c1C(=O)Nc1cc(N2CCOCC2)ncn1. The second-order valence-corrected chi connectivity index (χ2v) is 6.66. The Hall–Kier alpha value is -2.97. The fraction of sp³-hybridized carbons (Fsp3) is 0.263. The van der Waals surface area contributed by atoms with Crippen molar-refractivity contribution >= 4 is 29.1 Å². The first kappa shape index (κ1) is 18.4. The highest BCUT2D eigenvalue weighted by molar-refractivity contribution is 6.33. The van der Waals surface area contributed by atoms with E-state index in [1.54, 1.807) is 25.1 Å². The molecule has 1 aliphatic heterocycles. The number of amides is 1. The molecule has 1 amide bonds. The minimum atomic E-state index is -0.375. The van der Waals surface area contributed by atoms with Crippen molar-refractivity contribution < 1.29 is 14.1 Å². The van der Waals surface area contributed by atoms with Gasteiger partial charge in [0.15, 0.2) is 0 Å². The zero-order valence-electron chi connectivity index (χ0n) is 15.2. The zero-order chi connectivity index (χ0) is 19.5. The summed E-state index contributed by atoms with van der Waals surface area (Å²) < 4.78 is 10.6. The summed E-state index contributed by atoms with van der Waals surface area (Å²) in [6.45, 7) is 4.46. The number of aromatic nitrogens is 3. The lowest BCUT2D eigenvalue weighted by Crippen LogP contribution is -2.36. The van der Waals surface area contributed by atoms with E-state index >= 15 is 0 Å². The van der Waals surface area contributed by atoms with Crippen LogP contribution in [0.4, 0.5) is 11.6 Å². The highest BCUT2D eigenvalue weighted by Crippen LogP contribution is 2.31. The van der Waals surface area contributed by atoms with Crippen LogP contribution in [0, 0.1) is 6.92 Å². The van der Waals surface area contributed by atoms with Crippen molar-refractivity contribution in [2.75, 3.05) is 36.5 Å². The molecule has 0 saturated carbocycles. The van der Waals surface area contributed by atoms with Crippen LogP contribution in [-0.2, 0) is 4.74 Å². The van der Waals surface area contributed by atoms with Crippen LogP contribution in [-0.4, -0.2) is 47.3 Å². The predicted molar refractivity (Wildman–Crippen MR) is 105 cm³/mol. The number of rotatable bonds is 4. The van der Waals surface area contributed by atoms with E-state index < -0.39 is 0 Å². The van der Waals surface area contributed by atoms with Gasteiger partial charge < -0.3 is 19.5 Å². The van der Waals surface area contributed by atoms with Gasteiger partial charge in [-0.25, -0.2) is 9.97 Å². The first-order valence-electron chi connectivity index (χ1n) is 8.81. The van der Waals surface area contributed by atoms with Gasteiger partial charge in [0.1, 0.15) is 35.0 Å². The lowest BCUT2D eigenvalue weighted by molar-refractivity contribution is 0.102. The minimum absolute atomic E-state index is 0.319. The number of anilines is 2. The molecule has 1 saturated heterocycles. The monoisotopic (exact) mass is 399 g/mol. The quantitative estimate of drug-likeness (QED) is 0.720. The van der Waals surface area contributed by atoms with E-state index in [0.717, 1.165) is 18.9 Å². The van der Waals surface area contributed by atoms with Crippen molar-refractivity contribution in [1.82, 2.24) is 15.1 Å². The van der Waals surface area contributed by atoms with Gasteiger partial charge in [0.05, 0.1) is 18.2 Å². The van der Waals surface area contributed by atoms with Crippen LogP contribution in [0.2, 0.25) is 5.02 Å². The summed E-state index contributed by atoms with van der Waals surface area (Å²) in [5, 5.41) is 7.32. The molecule has 3 aromatic rings. The van der Waals surface area contributed by atoms with Crippen molar-refractivity contribution in [3.8, 4) is 11.3 Å². The van der Waals surface area contributed by atoms with Crippen LogP contribution in [0.25, 0.3) is 11.3 Å². The molecule has 0 spiro atoms. The molecule has 0 unspecified atom stereocenters. The molecule has 1 aliphatic rings. The van der Waals surface area contributed by atoms with Gasteiger partial charge in [-0.15, -0.1) is 0 Å². The first-order chi connectivity index (χ1) is 13.6. The van der Waals surface area contributed by atoms with Gasteiger partial charge in [-0.3, -0.25) is 4.79 Å². The highest BCUT2D eigenvalue weighted by Gasteiger charge is 2.23. The number of hydrogen-bond donors (Lipinski definition) is 1. The minimum Gasteiger partial charge on any atom is -0.378 e. The van der Waals surface area contributed by atoms with E-state index in [0.29, 0.717) is 46.6 Å². The molecular weight excluding hydrogens is 382 g/mol. The van der Waals surface area contributed by atoms with Crippen molar-refractivity contribution in [3.63, 3.8) is 0 Å². The topological polar surface area (TPSA) is 93.4 Å². The fourth-order valence-electron chi connectivity index (χ4n) is 3.04.